The lowest BCUT2D eigenvalue weighted by molar-refractivity contribution is -0.383. The fourth-order valence-electron chi connectivity index (χ4n) is 3.95. The van der Waals surface area contributed by atoms with Gasteiger partial charge in [0.1, 0.15) is 11.3 Å². The van der Waals surface area contributed by atoms with E-state index < -0.39 is 22.2 Å². The van der Waals surface area contributed by atoms with E-state index in [1.54, 1.807) is 20.8 Å². The van der Waals surface area contributed by atoms with Crippen LogP contribution in [0.4, 0.5) is 16.2 Å². The van der Waals surface area contributed by atoms with Crippen LogP contribution in [0.2, 0.25) is 0 Å². The van der Waals surface area contributed by atoms with Crippen molar-refractivity contribution in [2.24, 2.45) is 5.92 Å². The molecule has 0 saturated heterocycles. The van der Waals surface area contributed by atoms with Crippen molar-refractivity contribution >= 4 is 28.4 Å². The van der Waals surface area contributed by atoms with Gasteiger partial charge in [0.15, 0.2) is 0 Å². The normalized spacial score (nSPS) is 16.0. The quantitative estimate of drug-likeness (QED) is 0.468. The van der Waals surface area contributed by atoms with Crippen LogP contribution in [0.15, 0.2) is 23.3 Å². The van der Waals surface area contributed by atoms with E-state index in [1.165, 1.54) is 18.5 Å². The summed E-state index contributed by atoms with van der Waals surface area (Å²) in [5.41, 5.74) is -0.621. The minimum atomic E-state index is -0.617. The molecule has 2 aromatic rings. The second-order valence-corrected chi connectivity index (χ2v) is 8.91. The molecular weight excluding hydrogens is 402 g/mol. The Kier molecular flexibility index (Phi) is 6.77. The average molecular weight is 431 g/mol. The van der Waals surface area contributed by atoms with E-state index in [-0.39, 0.29) is 35.3 Å². The third-order valence-electron chi connectivity index (χ3n) is 5.38. The van der Waals surface area contributed by atoms with Crippen LogP contribution >= 0.6 is 0 Å². The monoisotopic (exact) mass is 431 g/mol. The van der Waals surface area contributed by atoms with Gasteiger partial charge in [-0.2, -0.15) is 0 Å². The lowest BCUT2D eigenvalue weighted by atomic mass is 9.83. The Labute approximate surface area is 179 Å². The number of ether oxygens (including phenoxy) is 1. The number of benzene rings is 1. The molecule has 168 valence electrons. The predicted octanol–water partition coefficient (Wildman–Crippen LogP) is 3.72. The second kappa shape index (κ2) is 9.32. The molecule has 0 spiro atoms. The number of nitro groups is 1. The molecule has 1 aliphatic rings. The van der Waals surface area contributed by atoms with Gasteiger partial charge in [-0.3, -0.25) is 14.9 Å². The van der Waals surface area contributed by atoms with Crippen molar-refractivity contribution in [2.45, 2.75) is 64.5 Å². The van der Waals surface area contributed by atoms with Crippen molar-refractivity contribution in [2.75, 3.05) is 11.9 Å². The molecule has 1 fully saturated rings. The molecule has 1 aromatic heterocycles. The summed E-state index contributed by atoms with van der Waals surface area (Å²) in [5, 5.41) is 17.9. The summed E-state index contributed by atoms with van der Waals surface area (Å²) in [6.07, 6.45) is 5.98. The molecule has 0 radical (unpaired) electrons. The highest BCUT2D eigenvalue weighted by Crippen LogP contribution is 2.32. The first-order valence-electron chi connectivity index (χ1n) is 10.5. The molecular formula is C21H29N5O5. The smallest absolute Gasteiger partial charge is 0.407 e. The van der Waals surface area contributed by atoms with Crippen LogP contribution in [0, 0.1) is 16.0 Å². The van der Waals surface area contributed by atoms with E-state index in [1.807, 2.05) is 0 Å². The van der Waals surface area contributed by atoms with E-state index in [0.717, 1.165) is 32.1 Å². The Morgan fingerprint density at radius 1 is 1.32 bits per heavy atom. The molecule has 1 unspecified atom stereocenters. The van der Waals surface area contributed by atoms with Crippen molar-refractivity contribution in [3.05, 3.63) is 38.9 Å². The third kappa shape index (κ3) is 5.93. The lowest BCUT2D eigenvalue weighted by Gasteiger charge is -2.32. The van der Waals surface area contributed by atoms with Crippen molar-refractivity contribution in [1.82, 2.24) is 15.3 Å². The number of anilines is 1. The Hall–Kier alpha value is -3.17. The van der Waals surface area contributed by atoms with Gasteiger partial charge in [0, 0.05) is 18.7 Å². The Morgan fingerprint density at radius 2 is 2.03 bits per heavy atom. The van der Waals surface area contributed by atoms with E-state index >= 15 is 0 Å². The van der Waals surface area contributed by atoms with Gasteiger partial charge in [-0.1, -0.05) is 19.3 Å². The van der Waals surface area contributed by atoms with Gasteiger partial charge in [-0.05, 0) is 45.6 Å². The molecule has 1 aromatic carbocycles. The van der Waals surface area contributed by atoms with Crippen LogP contribution in [-0.4, -0.2) is 39.2 Å². The summed E-state index contributed by atoms with van der Waals surface area (Å²) in [7, 11) is 0. The number of nitrogens with zero attached hydrogens (tertiary/aromatic N) is 2. The third-order valence-corrected chi connectivity index (χ3v) is 5.38. The zero-order valence-electron chi connectivity index (χ0n) is 18.1. The number of fused-ring (bicyclic) bond motifs is 1. The first-order chi connectivity index (χ1) is 14.6. The fraction of sp³-hybridized carbons (Fsp3) is 0.571. The largest absolute Gasteiger partial charge is 0.444 e. The van der Waals surface area contributed by atoms with Gasteiger partial charge in [-0.25, -0.2) is 9.78 Å². The molecule has 3 rings (SSSR count). The number of amides is 1. The van der Waals surface area contributed by atoms with Crippen molar-refractivity contribution in [3.8, 4) is 0 Å². The zero-order chi connectivity index (χ0) is 22.6. The highest BCUT2D eigenvalue weighted by atomic mass is 16.6. The molecule has 1 heterocycles. The van der Waals surface area contributed by atoms with Crippen LogP contribution in [-0.2, 0) is 4.74 Å². The summed E-state index contributed by atoms with van der Waals surface area (Å²) >= 11 is 0. The van der Waals surface area contributed by atoms with Gasteiger partial charge in [0.25, 0.3) is 11.2 Å². The number of hydrogen-bond acceptors (Lipinski definition) is 7. The number of carbonyl (C=O) groups is 1. The van der Waals surface area contributed by atoms with Crippen molar-refractivity contribution in [3.63, 3.8) is 0 Å². The molecule has 10 nitrogen and oxygen atoms in total. The van der Waals surface area contributed by atoms with Crippen LogP contribution in [0.5, 0.6) is 0 Å². The van der Waals surface area contributed by atoms with Crippen molar-refractivity contribution < 1.29 is 14.5 Å². The summed E-state index contributed by atoms with van der Waals surface area (Å²) in [4.78, 5) is 41.9. The van der Waals surface area contributed by atoms with Gasteiger partial charge in [-0.15, -0.1) is 0 Å². The molecule has 1 saturated carbocycles. The minimum Gasteiger partial charge on any atom is -0.444 e. The summed E-state index contributed by atoms with van der Waals surface area (Å²) < 4.78 is 5.32. The first-order valence-corrected chi connectivity index (χ1v) is 10.5. The Bertz CT molecular complexity index is 1010. The number of H-pyrrole nitrogens is 1. The maximum absolute atomic E-state index is 12.2. The molecule has 10 heteroatoms. The van der Waals surface area contributed by atoms with Crippen molar-refractivity contribution in [1.29, 1.82) is 0 Å². The number of nitrogens with one attached hydrogen (secondary N) is 3. The summed E-state index contributed by atoms with van der Waals surface area (Å²) in [6.45, 7) is 5.63. The topological polar surface area (TPSA) is 139 Å². The number of aromatic nitrogens is 2. The van der Waals surface area contributed by atoms with Crippen LogP contribution in [0.3, 0.4) is 0 Å². The van der Waals surface area contributed by atoms with E-state index in [9.17, 15) is 19.7 Å². The van der Waals surface area contributed by atoms with Gasteiger partial charge in [0.05, 0.1) is 22.2 Å². The summed E-state index contributed by atoms with van der Waals surface area (Å²) in [5.74, 6) is 0.242. The standard InChI is InChI=1S/C21H29N5O5/c1-21(2,3)31-20(28)22-11-17(13-7-5-4-6-8-13)25-16-10-15-14(9-18(16)26(29)30)19(27)24-12-23-15/h9-10,12-13,17,25H,4-8,11H2,1-3H3,(H,22,28)(H,23,24,27). The van der Waals surface area contributed by atoms with Gasteiger partial charge in [0.2, 0.25) is 0 Å². The lowest BCUT2D eigenvalue weighted by Crippen LogP contribution is -2.43. The number of carbonyl (C=O) groups excluding carboxylic acids is 1. The Morgan fingerprint density at radius 3 is 2.68 bits per heavy atom. The highest BCUT2D eigenvalue weighted by Gasteiger charge is 2.28. The van der Waals surface area contributed by atoms with Gasteiger partial charge >= 0.3 is 6.09 Å². The molecule has 31 heavy (non-hydrogen) atoms. The molecule has 0 bridgehead atoms. The molecule has 1 aliphatic carbocycles. The first kappa shape index (κ1) is 22.5. The maximum Gasteiger partial charge on any atom is 0.407 e. The van der Waals surface area contributed by atoms with Crippen LogP contribution in [0.25, 0.3) is 10.9 Å². The molecule has 1 atom stereocenters. The second-order valence-electron chi connectivity index (χ2n) is 8.91. The van der Waals surface area contributed by atoms with E-state index in [4.69, 9.17) is 4.74 Å². The Balaban J connectivity index is 1.88. The number of rotatable bonds is 6. The average Bonchev–Trinajstić information content (AvgIpc) is 2.70. The predicted molar refractivity (Wildman–Crippen MR) is 117 cm³/mol. The van der Waals surface area contributed by atoms with Crippen LogP contribution < -0.4 is 16.2 Å². The van der Waals surface area contributed by atoms with E-state index in [2.05, 4.69) is 20.6 Å². The number of aromatic amines is 1. The highest BCUT2D eigenvalue weighted by molar-refractivity contribution is 5.86. The van der Waals surface area contributed by atoms with E-state index in [0.29, 0.717) is 5.52 Å². The van der Waals surface area contributed by atoms with Crippen LogP contribution in [0.1, 0.15) is 52.9 Å². The summed E-state index contributed by atoms with van der Waals surface area (Å²) in [6, 6.07) is 2.53. The van der Waals surface area contributed by atoms with Gasteiger partial charge < -0.3 is 20.4 Å². The minimum absolute atomic E-state index is 0.154. The zero-order valence-corrected chi connectivity index (χ0v) is 18.1. The number of nitro benzene ring substituents is 1. The maximum atomic E-state index is 12.2. The molecule has 3 N–H and O–H groups in total. The molecule has 0 aliphatic heterocycles. The SMILES string of the molecule is CC(C)(C)OC(=O)NCC(Nc1cc2nc[nH]c(=O)c2cc1[N+](=O)[O-])C1CCCCC1. The number of alkyl carbamates (subject to hydrolysis) is 1. The molecule has 1 amide bonds. The fourth-order valence-corrected chi connectivity index (χ4v) is 3.95. The number of hydrogen-bond donors (Lipinski definition) is 3.